The number of benzene rings is 3. The molecule has 1 aliphatic carbocycles. The van der Waals surface area contributed by atoms with E-state index in [-0.39, 0.29) is 24.7 Å². The minimum Gasteiger partial charge on any atom is -0.491 e. The minimum absolute atomic E-state index is 0.112. The third kappa shape index (κ3) is 6.52. The quantitative estimate of drug-likeness (QED) is 0.258. The summed E-state index contributed by atoms with van der Waals surface area (Å²) in [6.07, 6.45) is 9.91. The van der Waals surface area contributed by atoms with E-state index in [1.165, 1.54) is 49.8 Å². The summed E-state index contributed by atoms with van der Waals surface area (Å²) in [6, 6.07) is 19.5. The Morgan fingerprint density at radius 1 is 0.795 bits per heavy atom. The topological polar surface area (TPSA) is 27.7 Å². The van der Waals surface area contributed by atoms with Gasteiger partial charge in [0.15, 0.2) is 11.5 Å². The first-order valence-electron chi connectivity index (χ1n) is 14.2. The first-order chi connectivity index (χ1) is 19.1. The highest BCUT2D eigenvalue weighted by atomic mass is 19.2. The highest BCUT2D eigenvalue weighted by Gasteiger charge is 2.31. The molecule has 0 radical (unpaired) electrons. The van der Waals surface area contributed by atoms with Gasteiger partial charge < -0.3 is 14.2 Å². The molecule has 2 atom stereocenters. The Kier molecular flexibility index (Phi) is 8.98. The SMILES string of the molecule is C=CC1CCC(C2CCC(c3ccc(-c4ccc(COc5ccc(OCC)c(F)c5F)cc4)cc3)CO2)CC1. The Balaban J connectivity index is 1.13. The van der Waals surface area contributed by atoms with Crippen LogP contribution in [-0.4, -0.2) is 19.3 Å². The Hall–Kier alpha value is -3.18. The van der Waals surface area contributed by atoms with Crippen LogP contribution in [0, 0.1) is 23.5 Å². The maximum absolute atomic E-state index is 14.3. The van der Waals surface area contributed by atoms with Gasteiger partial charge in [-0.15, -0.1) is 6.58 Å². The number of halogens is 2. The zero-order valence-corrected chi connectivity index (χ0v) is 22.7. The van der Waals surface area contributed by atoms with Crippen LogP contribution in [0.3, 0.4) is 0 Å². The van der Waals surface area contributed by atoms with Gasteiger partial charge in [0.1, 0.15) is 6.61 Å². The predicted molar refractivity (Wildman–Crippen MR) is 151 cm³/mol. The van der Waals surface area contributed by atoms with Gasteiger partial charge in [0.25, 0.3) is 0 Å². The second kappa shape index (κ2) is 12.8. The summed E-state index contributed by atoms with van der Waals surface area (Å²) in [4.78, 5) is 0. The van der Waals surface area contributed by atoms with Gasteiger partial charge >= 0.3 is 0 Å². The summed E-state index contributed by atoms with van der Waals surface area (Å²) >= 11 is 0. The summed E-state index contributed by atoms with van der Waals surface area (Å²) in [6.45, 7) is 6.89. The molecule has 1 heterocycles. The number of hydrogen-bond donors (Lipinski definition) is 0. The van der Waals surface area contributed by atoms with E-state index in [2.05, 4.69) is 36.9 Å². The van der Waals surface area contributed by atoms with Crippen molar-refractivity contribution in [3.63, 3.8) is 0 Å². The van der Waals surface area contributed by atoms with Crippen molar-refractivity contribution in [1.29, 1.82) is 0 Å². The fourth-order valence-electron chi connectivity index (χ4n) is 5.95. The molecule has 3 aromatic rings. The van der Waals surface area contributed by atoms with Gasteiger partial charge in [-0.1, -0.05) is 54.6 Å². The van der Waals surface area contributed by atoms with E-state index in [0.717, 1.165) is 29.7 Å². The molecule has 0 N–H and O–H groups in total. The van der Waals surface area contributed by atoms with Gasteiger partial charge in [-0.3, -0.25) is 0 Å². The lowest BCUT2D eigenvalue weighted by Gasteiger charge is -2.37. The summed E-state index contributed by atoms with van der Waals surface area (Å²) in [5, 5.41) is 0. The maximum atomic E-state index is 14.3. The minimum atomic E-state index is -1.04. The molecule has 0 amide bonds. The molecular formula is C34H38F2O3. The van der Waals surface area contributed by atoms with E-state index < -0.39 is 11.6 Å². The Labute approximate surface area is 230 Å². The van der Waals surface area contributed by atoms with Gasteiger partial charge in [0.05, 0.1) is 19.3 Å². The van der Waals surface area contributed by atoms with Crippen LogP contribution in [0.5, 0.6) is 11.5 Å². The lowest BCUT2D eigenvalue weighted by atomic mass is 9.77. The second-order valence-corrected chi connectivity index (χ2v) is 10.8. The van der Waals surface area contributed by atoms with Crippen molar-refractivity contribution >= 4 is 0 Å². The monoisotopic (exact) mass is 532 g/mol. The first kappa shape index (κ1) is 27.4. The molecule has 3 nitrogen and oxygen atoms in total. The van der Waals surface area contributed by atoms with Crippen molar-refractivity contribution in [2.75, 3.05) is 13.2 Å². The van der Waals surface area contributed by atoms with E-state index >= 15 is 0 Å². The summed E-state index contributed by atoms with van der Waals surface area (Å²) in [7, 11) is 0. The normalized spacial score (nSPS) is 23.3. The van der Waals surface area contributed by atoms with Crippen molar-refractivity contribution in [3.05, 3.63) is 96.1 Å². The second-order valence-electron chi connectivity index (χ2n) is 10.8. The van der Waals surface area contributed by atoms with Crippen molar-refractivity contribution < 1.29 is 23.0 Å². The van der Waals surface area contributed by atoms with Crippen LogP contribution in [0.25, 0.3) is 11.1 Å². The number of allylic oxidation sites excluding steroid dienone is 1. The molecule has 1 aliphatic heterocycles. The number of rotatable bonds is 9. The van der Waals surface area contributed by atoms with Gasteiger partial charge in [-0.05, 0) is 91.7 Å². The molecule has 0 bridgehead atoms. The largest absolute Gasteiger partial charge is 0.491 e. The zero-order valence-electron chi connectivity index (χ0n) is 22.7. The fraction of sp³-hybridized carbons (Fsp3) is 0.412. The third-order valence-electron chi connectivity index (χ3n) is 8.36. The lowest BCUT2D eigenvalue weighted by Crippen LogP contribution is -2.33. The average Bonchev–Trinajstić information content (AvgIpc) is 3.00. The molecule has 0 spiro atoms. The Morgan fingerprint density at radius 3 is 1.97 bits per heavy atom. The van der Waals surface area contributed by atoms with Crippen LogP contribution in [0.15, 0.2) is 73.3 Å². The Morgan fingerprint density at radius 2 is 1.41 bits per heavy atom. The van der Waals surface area contributed by atoms with E-state index in [9.17, 15) is 8.78 Å². The van der Waals surface area contributed by atoms with Crippen LogP contribution in [0.2, 0.25) is 0 Å². The van der Waals surface area contributed by atoms with Crippen molar-refractivity contribution in [2.45, 2.75) is 64.1 Å². The van der Waals surface area contributed by atoms with Crippen LogP contribution < -0.4 is 9.47 Å². The molecule has 1 saturated heterocycles. The number of ether oxygens (including phenoxy) is 3. The smallest absolute Gasteiger partial charge is 0.204 e. The molecule has 0 aromatic heterocycles. The molecule has 5 rings (SSSR count). The third-order valence-corrected chi connectivity index (χ3v) is 8.36. The van der Waals surface area contributed by atoms with E-state index in [0.29, 0.717) is 23.9 Å². The van der Waals surface area contributed by atoms with Crippen molar-refractivity contribution in [2.24, 2.45) is 11.8 Å². The molecule has 5 heteroatoms. The molecule has 3 aromatic carbocycles. The van der Waals surface area contributed by atoms with Crippen molar-refractivity contribution in [1.82, 2.24) is 0 Å². The average molecular weight is 533 g/mol. The van der Waals surface area contributed by atoms with Gasteiger partial charge in [-0.25, -0.2) is 0 Å². The van der Waals surface area contributed by atoms with Gasteiger partial charge in [-0.2, -0.15) is 8.78 Å². The molecule has 1 saturated carbocycles. The number of hydrogen-bond acceptors (Lipinski definition) is 3. The van der Waals surface area contributed by atoms with Crippen LogP contribution >= 0.6 is 0 Å². The highest BCUT2D eigenvalue weighted by molar-refractivity contribution is 5.64. The van der Waals surface area contributed by atoms with Crippen LogP contribution in [-0.2, 0) is 11.3 Å². The van der Waals surface area contributed by atoms with E-state index in [4.69, 9.17) is 14.2 Å². The molecule has 39 heavy (non-hydrogen) atoms. The highest BCUT2D eigenvalue weighted by Crippen LogP contribution is 2.38. The maximum Gasteiger partial charge on any atom is 0.204 e. The molecule has 206 valence electrons. The van der Waals surface area contributed by atoms with Crippen LogP contribution in [0.4, 0.5) is 8.78 Å². The molecule has 2 aliphatic rings. The van der Waals surface area contributed by atoms with E-state index in [1.54, 1.807) is 6.92 Å². The predicted octanol–water partition coefficient (Wildman–Crippen LogP) is 8.86. The van der Waals surface area contributed by atoms with Crippen LogP contribution in [0.1, 0.15) is 62.5 Å². The summed E-state index contributed by atoms with van der Waals surface area (Å²) in [5.74, 6) is -0.453. The molecule has 2 fully saturated rings. The lowest BCUT2D eigenvalue weighted by molar-refractivity contribution is -0.0419. The summed E-state index contributed by atoms with van der Waals surface area (Å²) < 4.78 is 45.4. The summed E-state index contributed by atoms with van der Waals surface area (Å²) in [5.41, 5.74) is 4.44. The van der Waals surface area contributed by atoms with Crippen molar-refractivity contribution in [3.8, 4) is 22.6 Å². The zero-order chi connectivity index (χ0) is 27.2. The first-order valence-corrected chi connectivity index (χ1v) is 14.2. The fourth-order valence-corrected chi connectivity index (χ4v) is 5.95. The van der Waals surface area contributed by atoms with Gasteiger partial charge in [0.2, 0.25) is 11.6 Å². The van der Waals surface area contributed by atoms with Gasteiger partial charge in [0, 0.05) is 5.92 Å². The molecule has 2 unspecified atom stereocenters. The Bertz CT molecular complexity index is 1220. The molecular weight excluding hydrogens is 494 g/mol. The standard InChI is InChI=1S/C34H38F2O3/c1-3-23-5-11-28(12-6-23)30-18-17-29(22-39-30)27-15-13-26(14-16-27)25-9-7-24(8-10-25)21-38-32-20-19-31(37-4-2)33(35)34(32)36/h3,7-10,13-16,19-20,23,28-30H,1,4-6,11-12,17-18,21-22H2,2H3. The van der Waals surface area contributed by atoms with E-state index in [1.807, 2.05) is 24.3 Å².